The van der Waals surface area contributed by atoms with Crippen molar-refractivity contribution in [3.05, 3.63) is 224 Å². The molecule has 9 aromatic carbocycles. The van der Waals surface area contributed by atoms with Gasteiger partial charge in [0.05, 0.1) is 11.4 Å². The maximum atomic E-state index is 2.47. The van der Waals surface area contributed by atoms with Crippen molar-refractivity contribution < 1.29 is 0 Å². The Hall–Kier alpha value is -6.96. The van der Waals surface area contributed by atoms with Crippen LogP contribution in [0.2, 0.25) is 0 Å². The SMILES string of the molecule is c1ccc(-c2ccc(-c3ccccc3N(c3ccc4ccccc4c3)c3cccc(-c4ccccc4)c3-c3ccccc3-c3ccccc3)cc2)cc1. The number of rotatable bonds is 8. The molecule has 0 aliphatic heterocycles. The fourth-order valence-corrected chi connectivity index (χ4v) is 7.55. The number of para-hydroxylation sites is 1. The van der Waals surface area contributed by atoms with Gasteiger partial charge in [0.2, 0.25) is 0 Å². The molecule has 9 aromatic rings. The summed E-state index contributed by atoms with van der Waals surface area (Å²) in [5.41, 5.74) is 15.2. The minimum atomic E-state index is 1.10. The molecule has 0 aromatic heterocycles. The Kier molecular flexibility index (Phi) is 8.66. The standard InChI is InChI=1S/C52H37N/c1-4-17-38(18-5-1)40-31-33-43(34-32-40)47-26-14-15-29-50(47)53(45-36-35-39-19-10-11-24-44(39)37-45)51-30-16-28-48(42-22-8-3-9-23-42)52(51)49-27-13-12-25-46(49)41-20-6-2-7-21-41/h1-37H. The lowest BCUT2D eigenvalue weighted by Crippen LogP contribution is -2.13. The molecule has 1 heteroatoms. The number of anilines is 3. The number of nitrogens with zero attached hydrogens (tertiary/aromatic N) is 1. The van der Waals surface area contributed by atoms with Crippen molar-refractivity contribution >= 4 is 27.8 Å². The van der Waals surface area contributed by atoms with Crippen LogP contribution in [0.5, 0.6) is 0 Å². The van der Waals surface area contributed by atoms with Crippen molar-refractivity contribution in [2.45, 2.75) is 0 Å². The van der Waals surface area contributed by atoms with Crippen LogP contribution in [0.15, 0.2) is 224 Å². The van der Waals surface area contributed by atoms with Crippen LogP contribution in [-0.2, 0) is 0 Å². The van der Waals surface area contributed by atoms with Gasteiger partial charge in [-0.2, -0.15) is 0 Å². The average molecular weight is 676 g/mol. The van der Waals surface area contributed by atoms with Gasteiger partial charge in [0, 0.05) is 16.8 Å². The van der Waals surface area contributed by atoms with Gasteiger partial charge in [-0.3, -0.25) is 0 Å². The Morgan fingerprint density at radius 3 is 1.40 bits per heavy atom. The summed E-state index contributed by atoms with van der Waals surface area (Å²) in [7, 11) is 0. The first-order chi connectivity index (χ1) is 26.3. The highest BCUT2D eigenvalue weighted by molar-refractivity contribution is 6.03. The lowest BCUT2D eigenvalue weighted by Gasteiger charge is -2.31. The van der Waals surface area contributed by atoms with Crippen LogP contribution < -0.4 is 4.90 Å². The molecule has 0 aliphatic rings. The summed E-state index contributed by atoms with van der Waals surface area (Å²) < 4.78 is 0. The molecule has 9 rings (SSSR count). The third-order valence-corrected chi connectivity index (χ3v) is 10.1. The van der Waals surface area contributed by atoms with Crippen LogP contribution in [0.3, 0.4) is 0 Å². The van der Waals surface area contributed by atoms with Gasteiger partial charge in [-0.05, 0) is 79.5 Å². The third kappa shape index (κ3) is 6.30. The second-order valence-electron chi connectivity index (χ2n) is 13.3. The van der Waals surface area contributed by atoms with Gasteiger partial charge in [-0.1, -0.05) is 200 Å². The zero-order valence-corrected chi connectivity index (χ0v) is 29.3. The van der Waals surface area contributed by atoms with Gasteiger partial charge >= 0.3 is 0 Å². The molecule has 0 aliphatic carbocycles. The number of benzene rings is 9. The molecule has 0 amide bonds. The van der Waals surface area contributed by atoms with Crippen LogP contribution in [0, 0.1) is 0 Å². The Morgan fingerprint density at radius 2 is 0.698 bits per heavy atom. The minimum absolute atomic E-state index is 1.10. The molecule has 0 radical (unpaired) electrons. The van der Waals surface area contributed by atoms with Crippen molar-refractivity contribution in [3.63, 3.8) is 0 Å². The van der Waals surface area contributed by atoms with Crippen molar-refractivity contribution in [2.75, 3.05) is 4.90 Å². The second-order valence-corrected chi connectivity index (χ2v) is 13.3. The minimum Gasteiger partial charge on any atom is -0.309 e. The first-order valence-corrected chi connectivity index (χ1v) is 18.2. The molecule has 0 atom stereocenters. The van der Waals surface area contributed by atoms with Crippen molar-refractivity contribution in [1.29, 1.82) is 0 Å². The zero-order chi connectivity index (χ0) is 35.4. The Morgan fingerprint density at radius 1 is 0.245 bits per heavy atom. The van der Waals surface area contributed by atoms with Crippen LogP contribution in [0.1, 0.15) is 0 Å². The number of hydrogen-bond acceptors (Lipinski definition) is 1. The first-order valence-electron chi connectivity index (χ1n) is 18.2. The molecule has 0 saturated carbocycles. The summed E-state index contributed by atoms with van der Waals surface area (Å²) in [4.78, 5) is 2.47. The van der Waals surface area contributed by atoms with E-state index in [0.717, 1.165) is 28.2 Å². The van der Waals surface area contributed by atoms with Crippen LogP contribution >= 0.6 is 0 Å². The topological polar surface area (TPSA) is 3.24 Å². The summed E-state index contributed by atoms with van der Waals surface area (Å²) in [5, 5.41) is 2.42. The van der Waals surface area contributed by atoms with Crippen molar-refractivity contribution in [1.82, 2.24) is 0 Å². The molecular formula is C52H37N. The largest absolute Gasteiger partial charge is 0.309 e. The maximum Gasteiger partial charge on any atom is 0.0546 e. The zero-order valence-electron chi connectivity index (χ0n) is 29.3. The fourth-order valence-electron chi connectivity index (χ4n) is 7.55. The van der Waals surface area contributed by atoms with E-state index in [-0.39, 0.29) is 0 Å². The average Bonchev–Trinajstić information content (AvgIpc) is 3.25. The molecule has 1 nitrogen and oxygen atoms in total. The van der Waals surface area contributed by atoms with E-state index in [4.69, 9.17) is 0 Å². The highest BCUT2D eigenvalue weighted by Gasteiger charge is 2.24. The van der Waals surface area contributed by atoms with E-state index in [9.17, 15) is 0 Å². The molecule has 0 unspecified atom stereocenters. The van der Waals surface area contributed by atoms with Gasteiger partial charge in [0.25, 0.3) is 0 Å². The van der Waals surface area contributed by atoms with Crippen LogP contribution in [-0.4, -0.2) is 0 Å². The highest BCUT2D eigenvalue weighted by atomic mass is 15.1. The van der Waals surface area contributed by atoms with Crippen LogP contribution in [0.25, 0.3) is 66.4 Å². The van der Waals surface area contributed by atoms with Gasteiger partial charge in [0.1, 0.15) is 0 Å². The van der Waals surface area contributed by atoms with E-state index in [2.05, 4.69) is 229 Å². The molecule has 0 spiro atoms. The predicted octanol–water partition coefficient (Wildman–Crippen LogP) is 14.6. The molecule has 0 saturated heterocycles. The summed E-state index contributed by atoms with van der Waals surface area (Å²) in [5.74, 6) is 0. The van der Waals surface area contributed by atoms with Crippen molar-refractivity contribution in [2.24, 2.45) is 0 Å². The maximum absolute atomic E-state index is 2.47. The van der Waals surface area contributed by atoms with E-state index in [1.165, 1.54) is 55.3 Å². The molecular weight excluding hydrogens is 639 g/mol. The van der Waals surface area contributed by atoms with Crippen LogP contribution in [0.4, 0.5) is 17.1 Å². The Balaban J connectivity index is 1.32. The quantitative estimate of drug-likeness (QED) is 0.155. The summed E-state index contributed by atoms with van der Waals surface area (Å²) in [6, 6.07) is 81.0. The lowest BCUT2D eigenvalue weighted by atomic mass is 9.87. The third-order valence-electron chi connectivity index (χ3n) is 10.1. The summed E-state index contributed by atoms with van der Waals surface area (Å²) >= 11 is 0. The fraction of sp³-hybridized carbons (Fsp3) is 0. The number of hydrogen-bond donors (Lipinski definition) is 0. The Labute approximate surface area is 311 Å². The van der Waals surface area contributed by atoms with E-state index in [1.807, 2.05) is 0 Å². The van der Waals surface area contributed by atoms with E-state index >= 15 is 0 Å². The second kappa shape index (κ2) is 14.3. The predicted molar refractivity (Wildman–Crippen MR) is 226 cm³/mol. The van der Waals surface area contributed by atoms with Gasteiger partial charge in [-0.25, -0.2) is 0 Å². The van der Waals surface area contributed by atoms with E-state index in [0.29, 0.717) is 0 Å². The molecule has 0 fully saturated rings. The lowest BCUT2D eigenvalue weighted by molar-refractivity contribution is 1.29. The molecule has 0 heterocycles. The smallest absolute Gasteiger partial charge is 0.0546 e. The molecule has 53 heavy (non-hydrogen) atoms. The van der Waals surface area contributed by atoms with Gasteiger partial charge in [-0.15, -0.1) is 0 Å². The molecule has 0 N–H and O–H groups in total. The van der Waals surface area contributed by atoms with Crippen molar-refractivity contribution in [3.8, 4) is 55.6 Å². The van der Waals surface area contributed by atoms with Gasteiger partial charge < -0.3 is 4.90 Å². The molecule has 0 bridgehead atoms. The van der Waals surface area contributed by atoms with E-state index < -0.39 is 0 Å². The normalized spacial score (nSPS) is 11.0. The first kappa shape index (κ1) is 32.0. The van der Waals surface area contributed by atoms with Gasteiger partial charge in [0.15, 0.2) is 0 Å². The number of fused-ring (bicyclic) bond motifs is 1. The monoisotopic (exact) mass is 675 g/mol. The summed E-state index contributed by atoms with van der Waals surface area (Å²) in [6.07, 6.45) is 0. The summed E-state index contributed by atoms with van der Waals surface area (Å²) in [6.45, 7) is 0. The van der Waals surface area contributed by atoms with E-state index in [1.54, 1.807) is 0 Å². The highest BCUT2D eigenvalue weighted by Crippen LogP contribution is 2.50. The Bertz CT molecular complexity index is 2640. The molecule has 250 valence electrons.